The molecule has 0 N–H and O–H groups in total. The van der Waals surface area contributed by atoms with Gasteiger partial charge in [0.05, 0.1) is 10.9 Å². The molecule has 0 aliphatic heterocycles. The summed E-state index contributed by atoms with van der Waals surface area (Å²) in [6.45, 7) is 5.86. The van der Waals surface area contributed by atoms with Gasteiger partial charge in [0.2, 0.25) is 0 Å². The maximum atomic E-state index is 12.5. The van der Waals surface area contributed by atoms with Crippen molar-refractivity contribution >= 4 is 33.4 Å². The molecule has 1 aromatic heterocycles. The molecule has 0 spiro atoms. The Morgan fingerprint density at radius 3 is 2.62 bits per heavy atom. The molecular weight excluding hydrogens is 280 g/mol. The number of hydrogen-bond donors (Lipinski definition) is 0. The van der Waals surface area contributed by atoms with Crippen molar-refractivity contribution in [2.45, 2.75) is 12.1 Å². The van der Waals surface area contributed by atoms with Gasteiger partial charge >= 0.3 is 0 Å². The molecule has 2 aromatic carbocycles. The average molecular weight is 296 g/mol. The minimum Gasteiger partial charge on any atom is -0.290 e. The molecule has 3 nitrogen and oxygen atoms in total. The van der Waals surface area contributed by atoms with Crippen LogP contribution in [0.4, 0.5) is 0 Å². The number of hydrogen-bond acceptors (Lipinski definition) is 3. The van der Waals surface area contributed by atoms with Gasteiger partial charge < -0.3 is 0 Å². The maximum Gasteiger partial charge on any atom is 0.261 e. The molecule has 3 rings (SSSR count). The minimum atomic E-state index is -0.00466. The quantitative estimate of drug-likeness (QED) is 0.319. The van der Waals surface area contributed by atoms with Gasteiger partial charge in [-0.15, -0.1) is 0 Å². The molecular formula is C17H16N2OS. The van der Waals surface area contributed by atoms with Gasteiger partial charge in [0.15, 0.2) is 5.16 Å². The summed E-state index contributed by atoms with van der Waals surface area (Å²) in [6.07, 6.45) is 0. The monoisotopic (exact) mass is 296 g/mol. The van der Waals surface area contributed by atoms with Crippen LogP contribution in [0.5, 0.6) is 0 Å². The Hall–Kier alpha value is -2.07. The zero-order valence-corrected chi connectivity index (χ0v) is 12.9. The lowest BCUT2D eigenvalue weighted by molar-refractivity contribution is 0.727. The zero-order chi connectivity index (χ0) is 15.0. The van der Waals surface area contributed by atoms with Crippen LogP contribution in [0.15, 0.2) is 58.5 Å². The van der Waals surface area contributed by atoms with E-state index in [0.29, 0.717) is 5.39 Å². The molecule has 0 radical (unpaired) electrons. The number of fused-ring (bicyclic) bond motifs is 2. The van der Waals surface area contributed by atoms with Gasteiger partial charge in [0.1, 0.15) is 0 Å². The lowest BCUT2D eigenvalue weighted by Crippen LogP contribution is -2.20. The second-order valence-corrected chi connectivity index (χ2v) is 6.16. The predicted molar refractivity (Wildman–Crippen MR) is 90.0 cm³/mol. The van der Waals surface area contributed by atoms with Crippen molar-refractivity contribution in [3.05, 3.63) is 58.9 Å². The van der Waals surface area contributed by atoms with E-state index < -0.39 is 0 Å². The first-order valence-corrected chi connectivity index (χ1v) is 7.71. The van der Waals surface area contributed by atoms with Crippen molar-refractivity contribution in [2.75, 3.05) is 5.75 Å². The Balaban J connectivity index is 2.24. The summed E-state index contributed by atoms with van der Waals surface area (Å²) in [4.78, 5) is 17.2. The van der Waals surface area contributed by atoms with Crippen LogP contribution in [0.1, 0.15) is 6.92 Å². The first kappa shape index (κ1) is 13.9. The van der Waals surface area contributed by atoms with Gasteiger partial charge in [0.25, 0.3) is 5.56 Å². The Kier molecular flexibility index (Phi) is 3.55. The Bertz CT molecular complexity index is 912. The minimum absolute atomic E-state index is 0.00466. The Morgan fingerprint density at radius 2 is 1.95 bits per heavy atom. The highest BCUT2D eigenvalue weighted by molar-refractivity contribution is 7.99. The highest BCUT2D eigenvalue weighted by atomic mass is 32.2. The van der Waals surface area contributed by atoms with Crippen molar-refractivity contribution in [3.8, 4) is 0 Å². The van der Waals surface area contributed by atoms with Crippen LogP contribution in [-0.2, 0) is 7.05 Å². The van der Waals surface area contributed by atoms with Crippen LogP contribution in [0.3, 0.4) is 0 Å². The molecule has 0 bridgehead atoms. The molecule has 21 heavy (non-hydrogen) atoms. The van der Waals surface area contributed by atoms with E-state index in [2.05, 4.69) is 11.6 Å². The predicted octanol–water partition coefficient (Wildman–Crippen LogP) is 3.75. The van der Waals surface area contributed by atoms with Crippen LogP contribution >= 0.6 is 11.8 Å². The smallest absolute Gasteiger partial charge is 0.261 e. The summed E-state index contributed by atoms with van der Waals surface area (Å²) in [5.74, 6) is 0.763. The third-order valence-corrected chi connectivity index (χ3v) is 4.61. The van der Waals surface area contributed by atoms with Crippen molar-refractivity contribution < 1.29 is 0 Å². The molecule has 0 atom stereocenters. The van der Waals surface area contributed by atoms with E-state index in [-0.39, 0.29) is 5.56 Å². The van der Waals surface area contributed by atoms with Gasteiger partial charge in [-0.3, -0.25) is 9.36 Å². The van der Waals surface area contributed by atoms with E-state index in [1.165, 1.54) is 0 Å². The lowest BCUT2D eigenvalue weighted by atomic mass is 10.1. The first-order valence-electron chi connectivity index (χ1n) is 6.73. The Morgan fingerprint density at radius 1 is 1.29 bits per heavy atom. The van der Waals surface area contributed by atoms with Crippen molar-refractivity contribution in [1.29, 1.82) is 0 Å². The van der Waals surface area contributed by atoms with Crippen molar-refractivity contribution in [2.24, 2.45) is 7.05 Å². The van der Waals surface area contributed by atoms with Gasteiger partial charge in [-0.05, 0) is 29.8 Å². The number of rotatable bonds is 3. The molecule has 3 aromatic rings. The average Bonchev–Trinajstić information content (AvgIpc) is 2.48. The molecule has 106 valence electrons. The molecule has 0 aliphatic rings. The lowest BCUT2D eigenvalue weighted by Gasteiger charge is -2.09. The Labute approximate surface area is 127 Å². The molecule has 0 aliphatic carbocycles. The number of thioether (sulfide) groups is 1. The van der Waals surface area contributed by atoms with Gasteiger partial charge in [-0.25, -0.2) is 4.98 Å². The first-order chi connectivity index (χ1) is 10.1. The summed E-state index contributed by atoms with van der Waals surface area (Å²) in [5, 5.41) is 3.55. The van der Waals surface area contributed by atoms with Gasteiger partial charge in [-0.1, -0.05) is 48.2 Å². The summed E-state index contributed by atoms with van der Waals surface area (Å²) in [6, 6.07) is 11.9. The highest BCUT2D eigenvalue weighted by Crippen LogP contribution is 2.22. The van der Waals surface area contributed by atoms with E-state index in [1.807, 2.05) is 43.3 Å². The number of benzene rings is 2. The second-order valence-electron chi connectivity index (χ2n) is 5.22. The zero-order valence-electron chi connectivity index (χ0n) is 12.1. The normalized spacial score (nSPS) is 11.1. The largest absolute Gasteiger partial charge is 0.290 e. The third kappa shape index (κ3) is 2.59. The van der Waals surface area contributed by atoms with Crippen LogP contribution in [0, 0.1) is 0 Å². The van der Waals surface area contributed by atoms with Crippen molar-refractivity contribution in [3.63, 3.8) is 0 Å². The van der Waals surface area contributed by atoms with E-state index in [4.69, 9.17) is 0 Å². The summed E-state index contributed by atoms with van der Waals surface area (Å²) >= 11 is 1.54. The number of nitrogens with zero attached hydrogens (tertiary/aromatic N) is 2. The second kappa shape index (κ2) is 5.37. The van der Waals surface area contributed by atoms with Crippen LogP contribution in [0.25, 0.3) is 21.7 Å². The summed E-state index contributed by atoms with van der Waals surface area (Å²) < 4.78 is 1.62. The molecule has 0 saturated carbocycles. The van der Waals surface area contributed by atoms with E-state index in [9.17, 15) is 4.79 Å². The molecule has 0 fully saturated rings. The molecule has 0 saturated heterocycles. The third-order valence-electron chi connectivity index (χ3n) is 3.35. The molecule has 0 amide bonds. The SMILES string of the molecule is C=C(C)CSc1nc2cc3ccccc3cc2c(=O)n1C. The van der Waals surface area contributed by atoms with E-state index in [0.717, 1.165) is 32.8 Å². The summed E-state index contributed by atoms with van der Waals surface area (Å²) in [5.41, 5.74) is 1.81. The molecule has 0 unspecified atom stereocenters. The topological polar surface area (TPSA) is 34.9 Å². The number of aromatic nitrogens is 2. The van der Waals surface area contributed by atoms with Crippen LogP contribution < -0.4 is 5.56 Å². The fourth-order valence-electron chi connectivity index (χ4n) is 2.25. The van der Waals surface area contributed by atoms with E-state index >= 15 is 0 Å². The highest BCUT2D eigenvalue weighted by Gasteiger charge is 2.09. The molecule has 1 heterocycles. The van der Waals surface area contributed by atoms with Crippen LogP contribution in [-0.4, -0.2) is 15.3 Å². The van der Waals surface area contributed by atoms with Crippen molar-refractivity contribution in [1.82, 2.24) is 9.55 Å². The van der Waals surface area contributed by atoms with Gasteiger partial charge in [-0.2, -0.15) is 0 Å². The van der Waals surface area contributed by atoms with Gasteiger partial charge in [0, 0.05) is 12.8 Å². The standard InChI is InChI=1S/C17H16N2OS/c1-11(2)10-21-17-18-15-9-13-7-5-4-6-12(13)8-14(15)16(20)19(17)3/h4-9H,1,10H2,2-3H3. The maximum absolute atomic E-state index is 12.5. The fourth-order valence-corrected chi connectivity index (χ4v) is 3.07. The summed E-state index contributed by atoms with van der Waals surface area (Å²) in [7, 11) is 1.77. The fraction of sp³-hybridized carbons (Fsp3) is 0.176. The van der Waals surface area contributed by atoms with E-state index in [1.54, 1.807) is 23.4 Å². The van der Waals surface area contributed by atoms with Crippen LogP contribution in [0.2, 0.25) is 0 Å². The molecule has 4 heteroatoms.